The zero-order valence-electron chi connectivity index (χ0n) is 11.0. The molecule has 1 aliphatic rings. The maximum absolute atomic E-state index is 11.2. The van der Waals surface area contributed by atoms with Crippen LogP contribution < -0.4 is 0 Å². The van der Waals surface area contributed by atoms with E-state index >= 15 is 0 Å². The molecule has 0 radical (unpaired) electrons. The molecule has 0 aromatic heterocycles. The quantitative estimate of drug-likeness (QED) is 0.689. The highest BCUT2D eigenvalue weighted by Gasteiger charge is 2.22. The Labute approximate surface area is 99.8 Å². The molecule has 0 bridgehead atoms. The fourth-order valence-electron chi connectivity index (χ4n) is 2.48. The summed E-state index contributed by atoms with van der Waals surface area (Å²) in [6.07, 6.45) is 4.98. The Hall–Kier alpha value is -0.410. The molecule has 3 heteroatoms. The third kappa shape index (κ3) is 4.62. The van der Waals surface area contributed by atoms with E-state index in [1.165, 1.54) is 13.0 Å². The van der Waals surface area contributed by atoms with Gasteiger partial charge in [0.05, 0.1) is 0 Å². The zero-order chi connectivity index (χ0) is 12.0. The first-order valence-corrected chi connectivity index (χ1v) is 6.54. The number of ketones is 1. The standard InChI is InChI=1S/C13H26N2O/c1-4-15(11-5-10-14(2)3)12-6-8-13(16)9-7-12/h12H,4-11H2,1-3H3. The van der Waals surface area contributed by atoms with Crippen LogP contribution in [0, 0.1) is 0 Å². The fraction of sp³-hybridized carbons (Fsp3) is 0.923. The van der Waals surface area contributed by atoms with Gasteiger partial charge in [-0.2, -0.15) is 0 Å². The Morgan fingerprint density at radius 1 is 1.19 bits per heavy atom. The highest BCUT2D eigenvalue weighted by molar-refractivity contribution is 5.79. The summed E-state index contributed by atoms with van der Waals surface area (Å²) in [6.45, 7) is 5.67. The molecule has 0 heterocycles. The highest BCUT2D eigenvalue weighted by Crippen LogP contribution is 2.20. The van der Waals surface area contributed by atoms with Gasteiger partial charge in [0.25, 0.3) is 0 Å². The molecule has 0 spiro atoms. The Morgan fingerprint density at radius 3 is 2.31 bits per heavy atom. The van der Waals surface area contributed by atoms with Crippen LogP contribution in [0.3, 0.4) is 0 Å². The SMILES string of the molecule is CCN(CCCN(C)C)C1CCC(=O)CC1. The van der Waals surface area contributed by atoms with Gasteiger partial charge in [-0.15, -0.1) is 0 Å². The van der Waals surface area contributed by atoms with E-state index in [9.17, 15) is 4.79 Å². The Morgan fingerprint density at radius 2 is 1.81 bits per heavy atom. The van der Waals surface area contributed by atoms with Gasteiger partial charge in [0.15, 0.2) is 0 Å². The normalized spacial score (nSPS) is 18.7. The van der Waals surface area contributed by atoms with Crippen molar-refractivity contribution in [2.45, 2.75) is 45.1 Å². The summed E-state index contributed by atoms with van der Waals surface area (Å²) in [6, 6.07) is 0.657. The smallest absolute Gasteiger partial charge is 0.133 e. The Balaban J connectivity index is 2.27. The third-order valence-corrected chi connectivity index (χ3v) is 3.49. The summed E-state index contributed by atoms with van der Waals surface area (Å²) in [4.78, 5) is 16.0. The molecule has 0 atom stereocenters. The number of rotatable bonds is 6. The molecule has 1 aliphatic carbocycles. The van der Waals surface area contributed by atoms with Crippen LogP contribution in [0.4, 0.5) is 0 Å². The molecular weight excluding hydrogens is 200 g/mol. The molecule has 3 nitrogen and oxygen atoms in total. The van der Waals surface area contributed by atoms with Gasteiger partial charge in [0.1, 0.15) is 5.78 Å². The van der Waals surface area contributed by atoms with E-state index in [2.05, 4.69) is 30.8 Å². The molecule has 0 aromatic carbocycles. The summed E-state index contributed by atoms with van der Waals surface area (Å²) >= 11 is 0. The lowest BCUT2D eigenvalue weighted by Crippen LogP contribution is -2.39. The van der Waals surface area contributed by atoms with Crippen molar-refractivity contribution in [3.05, 3.63) is 0 Å². The van der Waals surface area contributed by atoms with Gasteiger partial charge in [-0.3, -0.25) is 4.79 Å². The minimum Gasteiger partial charge on any atom is -0.309 e. The fourth-order valence-corrected chi connectivity index (χ4v) is 2.48. The zero-order valence-corrected chi connectivity index (χ0v) is 11.0. The molecular formula is C13H26N2O. The van der Waals surface area contributed by atoms with Gasteiger partial charge in [0, 0.05) is 18.9 Å². The number of hydrogen-bond donors (Lipinski definition) is 0. The van der Waals surface area contributed by atoms with Crippen LogP contribution in [0.25, 0.3) is 0 Å². The summed E-state index contributed by atoms with van der Waals surface area (Å²) in [5.74, 6) is 0.459. The second-order valence-electron chi connectivity index (χ2n) is 5.06. The first kappa shape index (κ1) is 13.7. The molecule has 1 fully saturated rings. The summed E-state index contributed by atoms with van der Waals surface area (Å²) in [7, 11) is 4.24. The number of Topliss-reactive ketones (excluding diaryl/α,β-unsaturated/α-hetero) is 1. The summed E-state index contributed by atoms with van der Waals surface area (Å²) in [5, 5.41) is 0. The first-order valence-electron chi connectivity index (χ1n) is 6.54. The van der Waals surface area contributed by atoms with Crippen LogP contribution in [0.15, 0.2) is 0 Å². The average molecular weight is 226 g/mol. The first-order chi connectivity index (χ1) is 7.63. The number of carbonyl (C=O) groups excluding carboxylic acids is 1. The lowest BCUT2D eigenvalue weighted by molar-refractivity contribution is -0.121. The van der Waals surface area contributed by atoms with E-state index in [1.54, 1.807) is 0 Å². The molecule has 1 saturated carbocycles. The van der Waals surface area contributed by atoms with Crippen molar-refractivity contribution in [2.75, 3.05) is 33.7 Å². The predicted octanol–water partition coefficient (Wildman–Crippen LogP) is 1.77. The lowest BCUT2D eigenvalue weighted by atomic mass is 9.93. The van der Waals surface area contributed by atoms with Crippen molar-refractivity contribution < 1.29 is 4.79 Å². The van der Waals surface area contributed by atoms with Crippen LogP contribution in [-0.2, 0) is 4.79 Å². The van der Waals surface area contributed by atoms with Crippen molar-refractivity contribution >= 4 is 5.78 Å². The Kier molecular flexibility index (Phi) is 5.99. The number of nitrogens with zero attached hydrogens (tertiary/aromatic N) is 2. The maximum Gasteiger partial charge on any atom is 0.133 e. The highest BCUT2D eigenvalue weighted by atomic mass is 16.1. The van der Waals surface area contributed by atoms with Gasteiger partial charge >= 0.3 is 0 Å². The van der Waals surface area contributed by atoms with Crippen molar-refractivity contribution in [2.24, 2.45) is 0 Å². The molecule has 0 saturated heterocycles. The van der Waals surface area contributed by atoms with Crippen LogP contribution >= 0.6 is 0 Å². The van der Waals surface area contributed by atoms with E-state index in [4.69, 9.17) is 0 Å². The van der Waals surface area contributed by atoms with Crippen LogP contribution in [0.2, 0.25) is 0 Å². The molecule has 0 unspecified atom stereocenters. The van der Waals surface area contributed by atoms with Crippen molar-refractivity contribution in [3.8, 4) is 0 Å². The van der Waals surface area contributed by atoms with Crippen molar-refractivity contribution in [1.29, 1.82) is 0 Å². The minimum atomic E-state index is 0.459. The monoisotopic (exact) mass is 226 g/mol. The summed E-state index contributed by atoms with van der Waals surface area (Å²) < 4.78 is 0. The number of hydrogen-bond acceptors (Lipinski definition) is 3. The van der Waals surface area contributed by atoms with Crippen molar-refractivity contribution in [1.82, 2.24) is 9.80 Å². The molecule has 1 rings (SSSR count). The molecule has 0 aromatic rings. The van der Waals surface area contributed by atoms with Crippen molar-refractivity contribution in [3.63, 3.8) is 0 Å². The average Bonchev–Trinajstić information content (AvgIpc) is 2.26. The third-order valence-electron chi connectivity index (χ3n) is 3.49. The van der Waals surface area contributed by atoms with E-state index in [0.717, 1.165) is 38.8 Å². The van der Waals surface area contributed by atoms with E-state index in [1.807, 2.05) is 0 Å². The number of carbonyl (C=O) groups is 1. The topological polar surface area (TPSA) is 23.6 Å². The van der Waals surface area contributed by atoms with Gasteiger partial charge in [-0.1, -0.05) is 6.92 Å². The second-order valence-corrected chi connectivity index (χ2v) is 5.06. The Bertz CT molecular complexity index is 206. The van der Waals surface area contributed by atoms with Gasteiger partial charge in [-0.05, 0) is 53.0 Å². The second kappa shape index (κ2) is 7.02. The van der Waals surface area contributed by atoms with E-state index in [0.29, 0.717) is 11.8 Å². The van der Waals surface area contributed by atoms with Crippen LogP contribution in [0.1, 0.15) is 39.0 Å². The van der Waals surface area contributed by atoms with Gasteiger partial charge < -0.3 is 9.80 Å². The van der Waals surface area contributed by atoms with E-state index < -0.39 is 0 Å². The predicted molar refractivity (Wildman–Crippen MR) is 67.7 cm³/mol. The van der Waals surface area contributed by atoms with Gasteiger partial charge in [-0.25, -0.2) is 0 Å². The molecule has 0 amide bonds. The largest absolute Gasteiger partial charge is 0.309 e. The molecule has 0 aliphatic heterocycles. The summed E-state index contributed by atoms with van der Waals surface area (Å²) in [5.41, 5.74) is 0. The lowest BCUT2D eigenvalue weighted by Gasteiger charge is -2.33. The molecule has 16 heavy (non-hydrogen) atoms. The van der Waals surface area contributed by atoms with Gasteiger partial charge in [0.2, 0.25) is 0 Å². The van der Waals surface area contributed by atoms with Crippen LogP contribution in [0.5, 0.6) is 0 Å². The molecule has 0 N–H and O–H groups in total. The minimum absolute atomic E-state index is 0.459. The maximum atomic E-state index is 11.2. The van der Waals surface area contributed by atoms with Crippen LogP contribution in [-0.4, -0.2) is 55.4 Å². The van der Waals surface area contributed by atoms with E-state index in [-0.39, 0.29) is 0 Å². The molecule has 94 valence electrons.